The number of benzene rings is 1. The van der Waals surface area contributed by atoms with Gasteiger partial charge in [-0.25, -0.2) is 0 Å². The smallest absolute Gasteiger partial charge is 0.0639 e. The molecule has 0 saturated heterocycles. The number of para-hydroxylation sites is 1. The predicted molar refractivity (Wildman–Crippen MR) is 49.0 cm³/mol. The van der Waals surface area contributed by atoms with E-state index in [0.29, 0.717) is 6.04 Å². The quantitative estimate of drug-likeness (QED) is 0.633. The fourth-order valence-electron chi connectivity index (χ4n) is 1.35. The number of hydrogen-bond acceptors (Lipinski definition) is 2. The number of anilines is 1. The summed E-state index contributed by atoms with van der Waals surface area (Å²) in [7, 11) is 1.73. The van der Waals surface area contributed by atoms with Gasteiger partial charge in [-0.15, -0.1) is 0 Å². The van der Waals surface area contributed by atoms with E-state index in [2.05, 4.69) is 12.1 Å². The van der Waals surface area contributed by atoms with Gasteiger partial charge in [0, 0.05) is 0 Å². The molecule has 2 nitrogen and oxygen atoms in total. The van der Waals surface area contributed by atoms with Gasteiger partial charge in [-0.05, 0) is 25.0 Å². The minimum absolute atomic E-state index is 0.609. The second kappa shape index (κ2) is 3.15. The minimum atomic E-state index is 0.609. The van der Waals surface area contributed by atoms with Gasteiger partial charge < -0.3 is 0 Å². The third-order valence-corrected chi connectivity index (χ3v) is 2.09. The van der Waals surface area contributed by atoms with E-state index in [1.807, 2.05) is 23.3 Å². The molecule has 0 radical (unpaired) electrons. The third-order valence-electron chi connectivity index (χ3n) is 2.09. The molecule has 12 heavy (non-hydrogen) atoms. The first-order chi connectivity index (χ1) is 5.92. The number of rotatable bonds is 3. The zero-order chi connectivity index (χ0) is 8.39. The highest BCUT2D eigenvalue weighted by atomic mass is 16.7. The van der Waals surface area contributed by atoms with Crippen molar-refractivity contribution in [1.29, 1.82) is 0 Å². The van der Waals surface area contributed by atoms with Crippen molar-refractivity contribution in [2.75, 3.05) is 12.2 Å². The molecule has 2 rings (SSSR count). The predicted octanol–water partition coefficient (Wildman–Crippen LogP) is 2.22. The van der Waals surface area contributed by atoms with Crippen LogP contribution in [0.3, 0.4) is 0 Å². The van der Waals surface area contributed by atoms with Crippen molar-refractivity contribution in [1.82, 2.24) is 0 Å². The summed E-state index contributed by atoms with van der Waals surface area (Å²) in [6, 6.07) is 10.8. The van der Waals surface area contributed by atoms with Gasteiger partial charge in [0.05, 0.1) is 18.8 Å². The molecule has 0 bridgehead atoms. The summed E-state index contributed by atoms with van der Waals surface area (Å²) >= 11 is 0. The summed E-state index contributed by atoms with van der Waals surface area (Å²) in [5, 5.41) is 1.99. The first-order valence-electron chi connectivity index (χ1n) is 4.30. The Balaban J connectivity index is 2.15. The molecule has 64 valence electrons. The Morgan fingerprint density at radius 2 is 1.92 bits per heavy atom. The van der Waals surface area contributed by atoms with E-state index >= 15 is 0 Å². The Hall–Kier alpha value is -1.02. The molecule has 0 aromatic heterocycles. The first-order valence-corrected chi connectivity index (χ1v) is 4.30. The maximum Gasteiger partial charge on any atom is 0.0639 e. The van der Waals surface area contributed by atoms with Crippen LogP contribution in [0.5, 0.6) is 0 Å². The lowest BCUT2D eigenvalue weighted by molar-refractivity contribution is 0.162. The Bertz CT molecular complexity index is 243. The largest absolute Gasteiger partial charge is 0.277 e. The van der Waals surface area contributed by atoms with Crippen LogP contribution in [0.1, 0.15) is 12.8 Å². The third kappa shape index (κ3) is 1.43. The SMILES string of the molecule is CON(c1ccccc1)C1CC1. The van der Waals surface area contributed by atoms with Crippen molar-refractivity contribution in [3.63, 3.8) is 0 Å². The van der Waals surface area contributed by atoms with E-state index in [-0.39, 0.29) is 0 Å². The second-order valence-electron chi connectivity index (χ2n) is 3.08. The van der Waals surface area contributed by atoms with Gasteiger partial charge >= 0.3 is 0 Å². The maximum absolute atomic E-state index is 5.29. The Morgan fingerprint density at radius 3 is 2.42 bits per heavy atom. The van der Waals surface area contributed by atoms with Gasteiger partial charge in [-0.2, -0.15) is 0 Å². The standard InChI is InChI=1S/C10H13NO/c1-12-11(10-7-8-10)9-5-3-2-4-6-9/h2-6,10H,7-8H2,1H3. The average Bonchev–Trinajstić information content (AvgIpc) is 2.92. The Morgan fingerprint density at radius 1 is 1.25 bits per heavy atom. The van der Waals surface area contributed by atoms with Crippen LogP contribution in [0.15, 0.2) is 30.3 Å². The van der Waals surface area contributed by atoms with Gasteiger partial charge in [-0.1, -0.05) is 18.2 Å². The first kappa shape index (κ1) is 7.62. The molecule has 0 amide bonds. The van der Waals surface area contributed by atoms with Crippen LogP contribution < -0.4 is 5.06 Å². The Labute approximate surface area is 72.7 Å². The number of hydrogen-bond donors (Lipinski definition) is 0. The minimum Gasteiger partial charge on any atom is -0.277 e. The summed E-state index contributed by atoms with van der Waals surface area (Å²) < 4.78 is 0. The van der Waals surface area contributed by atoms with Gasteiger partial charge in [-0.3, -0.25) is 9.90 Å². The monoisotopic (exact) mass is 163 g/mol. The molecule has 2 heteroatoms. The maximum atomic E-state index is 5.29. The van der Waals surface area contributed by atoms with Gasteiger partial charge in [0.15, 0.2) is 0 Å². The summed E-state index contributed by atoms with van der Waals surface area (Å²) in [6.45, 7) is 0. The second-order valence-corrected chi connectivity index (χ2v) is 3.08. The molecule has 1 saturated carbocycles. The molecule has 1 fully saturated rings. The van der Waals surface area contributed by atoms with Crippen molar-refractivity contribution < 1.29 is 4.84 Å². The highest BCUT2D eigenvalue weighted by Crippen LogP contribution is 2.31. The summed E-state index contributed by atoms with van der Waals surface area (Å²) in [5.74, 6) is 0. The van der Waals surface area contributed by atoms with E-state index in [9.17, 15) is 0 Å². The number of nitrogens with zero attached hydrogens (tertiary/aromatic N) is 1. The molecular formula is C10H13NO. The van der Waals surface area contributed by atoms with Crippen LogP contribution in [-0.4, -0.2) is 13.2 Å². The van der Waals surface area contributed by atoms with Crippen molar-refractivity contribution >= 4 is 5.69 Å². The summed E-state index contributed by atoms with van der Waals surface area (Å²) in [5.41, 5.74) is 1.16. The molecule has 0 atom stereocenters. The Kier molecular flexibility index (Phi) is 2.00. The lowest BCUT2D eigenvalue weighted by Crippen LogP contribution is -2.23. The highest BCUT2D eigenvalue weighted by Gasteiger charge is 2.29. The van der Waals surface area contributed by atoms with Crippen LogP contribution >= 0.6 is 0 Å². The molecule has 0 unspecified atom stereocenters. The molecule has 0 N–H and O–H groups in total. The molecule has 0 spiro atoms. The van der Waals surface area contributed by atoms with Crippen LogP contribution in [0.25, 0.3) is 0 Å². The highest BCUT2D eigenvalue weighted by molar-refractivity contribution is 5.45. The fourth-order valence-corrected chi connectivity index (χ4v) is 1.35. The van der Waals surface area contributed by atoms with Crippen molar-refractivity contribution in [2.24, 2.45) is 0 Å². The van der Waals surface area contributed by atoms with E-state index in [0.717, 1.165) is 5.69 Å². The van der Waals surface area contributed by atoms with Crippen LogP contribution in [0.2, 0.25) is 0 Å². The molecule has 0 heterocycles. The van der Waals surface area contributed by atoms with Crippen molar-refractivity contribution in [3.8, 4) is 0 Å². The van der Waals surface area contributed by atoms with Gasteiger partial charge in [0.2, 0.25) is 0 Å². The normalized spacial score (nSPS) is 16.1. The van der Waals surface area contributed by atoms with Crippen molar-refractivity contribution in [3.05, 3.63) is 30.3 Å². The van der Waals surface area contributed by atoms with Crippen LogP contribution in [0, 0.1) is 0 Å². The lowest BCUT2D eigenvalue weighted by atomic mass is 10.3. The zero-order valence-corrected chi connectivity index (χ0v) is 7.23. The molecule has 1 aromatic rings. The molecule has 0 aliphatic heterocycles. The molecule has 1 aliphatic carbocycles. The van der Waals surface area contributed by atoms with Gasteiger partial charge in [0.1, 0.15) is 0 Å². The zero-order valence-electron chi connectivity index (χ0n) is 7.23. The summed E-state index contributed by atoms with van der Waals surface area (Å²) in [6.07, 6.45) is 2.51. The average molecular weight is 163 g/mol. The molecule has 1 aliphatic rings. The van der Waals surface area contributed by atoms with Crippen LogP contribution in [-0.2, 0) is 4.84 Å². The van der Waals surface area contributed by atoms with E-state index in [4.69, 9.17) is 4.84 Å². The van der Waals surface area contributed by atoms with Crippen LogP contribution in [0.4, 0.5) is 5.69 Å². The number of hydroxylamine groups is 1. The topological polar surface area (TPSA) is 12.5 Å². The van der Waals surface area contributed by atoms with E-state index < -0.39 is 0 Å². The van der Waals surface area contributed by atoms with E-state index in [1.165, 1.54) is 12.8 Å². The van der Waals surface area contributed by atoms with E-state index in [1.54, 1.807) is 7.11 Å². The van der Waals surface area contributed by atoms with Gasteiger partial charge in [0.25, 0.3) is 0 Å². The summed E-state index contributed by atoms with van der Waals surface area (Å²) in [4.78, 5) is 5.29. The lowest BCUT2D eigenvalue weighted by Gasteiger charge is -2.20. The van der Waals surface area contributed by atoms with Crippen molar-refractivity contribution in [2.45, 2.75) is 18.9 Å². The molecular weight excluding hydrogens is 150 g/mol. The molecule has 1 aromatic carbocycles. The fraction of sp³-hybridized carbons (Fsp3) is 0.400.